The number of nitrogens with one attached hydrogen (secondary N) is 1. The van der Waals surface area contributed by atoms with Crippen LogP contribution >= 0.6 is 0 Å². The Morgan fingerprint density at radius 1 is 1.53 bits per heavy atom. The molecule has 100 valence electrons. The lowest BCUT2D eigenvalue weighted by Gasteiger charge is -2.23. The molecule has 7 heteroatoms. The number of ether oxygens (including phenoxy) is 1. The zero-order valence-electron chi connectivity index (χ0n) is 10.3. The number of rotatable bonds is 6. The number of sulfonamides is 1. The monoisotopic (exact) mass is 264 g/mol. The highest BCUT2D eigenvalue weighted by Gasteiger charge is 2.35. The molecule has 0 amide bonds. The predicted molar refractivity (Wildman–Crippen MR) is 64.1 cm³/mol. The van der Waals surface area contributed by atoms with E-state index in [-0.39, 0.29) is 12.6 Å². The van der Waals surface area contributed by atoms with E-state index in [4.69, 9.17) is 0 Å². The third kappa shape index (κ3) is 3.93. The second-order valence-corrected chi connectivity index (χ2v) is 5.95. The van der Waals surface area contributed by atoms with Gasteiger partial charge in [0.1, 0.15) is 0 Å². The van der Waals surface area contributed by atoms with Crippen LogP contribution in [0.15, 0.2) is 0 Å². The van der Waals surface area contributed by atoms with Gasteiger partial charge in [0, 0.05) is 19.1 Å². The van der Waals surface area contributed by atoms with Gasteiger partial charge < -0.3 is 10.1 Å². The van der Waals surface area contributed by atoms with Crippen molar-refractivity contribution in [1.29, 1.82) is 0 Å². The molecule has 1 N–H and O–H groups in total. The van der Waals surface area contributed by atoms with Crippen LogP contribution in [0.1, 0.15) is 19.8 Å². The lowest BCUT2D eigenvalue weighted by Crippen LogP contribution is -2.43. The van der Waals surface area contributed by atoms with Gasteiger partial charge in [0.05, 0.1) is 6.61 Å². The molecule has 1 fully saturated rings. The molecule has 0 bridgehead atoms. The van der Waals surface area contributed by atoms with Crippen LogP contribution in [-0.4, -0.2) is 57.2 Å². The Hall–Kier alpha value is -0.660. The molecule has 17 heavy (non-hydrogen) atoms. The maximum Gasteiger partial charge on any atom is 0.322 e. The molecule has 0 spiro atoms. The predicted octanol–water partition coefficient (Wildman–Crippen LogP) is -0.437. The number of likely N-dealkylation sites (N-methyl/N-ethyl adjacent to an activating group) is 1. The molecule has 0 radical (unpaired) electrons. The lowest BCUT2D eigenvalue weighted by atomic mass is 10.2. The molecule has 1 atom stereocenters. The Morgan fingerprint density at radius 2 is 2.24 bits per heavy atom. The van der Waals surface area contributed by atoms with E-state index in [0.717, 1.165) is 12.8 Å². The summed E-state index contributed by atoms with van der Waals surface area (Å²) < 4.78 is 30.1. The summed E-state index contributed by atoms with van der Waals surface area (Å²) in [6.07, 6.45) is 1.68. The molecule has 0 aromatic heterocycles. The van der Waals surface area contributed by atoms with Crippen molar-refractivity contribution in [3.8, 4) is 0 Å². The summed E-state index contributed by atoms with van der Waals surface area (Å²) in [4.78, 5) is 11.2. The van der Waals surface area contributed by atoms with E-state index in [0.29, 0.717) is 13.1 Å². The van der Waals surface area contributed by atoms with Gasteiger partial charge in [-0.2, -0.15) is 4.31 Å². The second-order valence-electron chi connectivity index (χ2n) is 4.03. The molecule has 0 aromatic rings. The number of esters is 1. The van der Waals surface area contributed by atoms with Gasteiger partial charge in [0.2, 0.25) is 10.0 Å². The second kappa shape index (κ2) is 6.32. The first-order chi connectivity index (χ1) is 8.01. The number of hydrogen-bond donors (Lipinski definition) is 1. The van der Waals surface area contributed by atoms with E-state index >= 15 is 0 Å². The Labute approximate surface area is 102 Å². The first-order valence-electron chi connectivity index (χ1n) is 5.81. The van der Waals surface area contributed by atoms with Crippen LogP contribution in [0.5, 0.6) is 0 Å². The Balaban J connectivity index is 2.65. The summed E-state index contributed by atoms with van der Waals surface area (Å²) in [6, 6.07) is -0.0422. The van der Waals surface area contributed by atoms with Gasteiger partial charge in [-0.3, -0.25) is 4.79 Å². The van der Waals surface area contributed by atoms with E-state index in [2.05, 4.69) is 10.1 Å². The average molecular weight is 264 g/mol. The van der Waals surface area contributed by atoms with Crippen LogP contribution in [0.4, 0.5) is 0 Å². The molecular formula is C10H20N2O4S. The number of carbonyl (C=O) groups is 1. The van der Waals surface area contributed by atoms with Gasteiger partial charge in [-0.1, -0.05) is 0 Å². The molecule has 1 aliphatic rings. The molecule has 1 heterocycles. The van der Waals surface area contributed by atoms with Gasteiger partial charge in [-0.25, -0.2) is 8.42 Å². The van der Waals surface area contributed by atoms with E-state index in [1.807, 2.05) is 0 Å². The zero-order chi connectivity index (χ0) is 12.9. The summed E-state index contributed by atoms with van der Waals surface area (Å²) in [5, 5.41) is 2.97. The standard InChI is InChI=1S/C10H20N2O4S/c1-3-16-10(13)8-17(14,15)12-6-4-5-9(12)7-11-2/h9,11H,3-8H2,1-2H3. The number of hydrogen-bond acceptors (Lipinski definition) is 5. The Morgan fingerprint density at radius 3 is 2.82 bits per heavy atom. The molecule has 0 saturated carbocycles. The van der Waals surface area contributed by atoms with Crippen molar-refractivity contribution in [2.24, 2.45) is 0 Å². The quantitative estimate of drug-likeness (QED) is 0.658. The fourth-order valence-electron chi connectivity index (χ4n) is 2.05. The highest BCUT2D eigenvalue weighted by molar-refractivity contribution is 7.89. The van der Waals surface area contributed by atoms with Crippen molar-refractivity contribution in [1.82, 2.24) is 9.62 Å². The molecule has 1 aliphatic heterocycles. The normalized spacial score (nSPS) is 21.6. The van der Waals surface area contributed by atoms with E-state index in [1.165, 1.54) is 4.31 Å². The van der Waals surface area contributed by atoms with Crippen LogP contribution in [0.3, 0.4) is 0 Å². The molecule has 1 unspecified atom stereocenters. The minimum Gasteiger partial charge on any atom is -0.465 e. The average Bonchev–Trinajstić information content (AvgIpc) is 2.66. The summed E-state index contributed by atoms with van der Waals surface area (Å²) in [5.74, 6) is -1.23. The van der Waals surface area contributed by atoms with Crippen LogP contribution in [0.2, 0.25) is 0 Å². The summed E-state index contributed by atoms with van der Waals surface area (Å²) in [6.45, 7) is 2.97. The molecule has 1 rings (SSSR count). The van der Waals surface area contributed by atoms with Gasteiger partial charge in [-0.15, -0.1) is 0 Å². The summed E-state index contributed by atoms with van der Waals surface area (Å²) in [5.41, 5.74) is 0. The number of carbonyl (C=O) groups excluding carboxylic acids is 1. The van der Waals surface area contributed by atoms with Gasteiger partial charge in [-0.05, 0) is 26.8 Å². The minimum atomic E-state index is -3.53. The Kier molecular flexibility index (Phi) is 5.35. The summed E-state index contributed by atoms with van der Waals surface area (Å²) in [7, 11) is -1.75. The minimum absolute atomic E-state index is 0.0422. The third-order valence-electron chi connectivity index (χ3n) is 2.73. The topological polar surface area (TPSA) is 75.7 Å². The first kappa shape index (κ1) is 14.4. The smallest absolute Gasteiger partial charge is 0.322 e. The third-order valence-corrected chi connectivity index (χ3v) is 4.52. The van der Waals surface area contributed by atoms with E-state index in [1.54, 1.807) is 14.0 Å². The van der Waals surface area contributed by atoms with Crippen molar-refractivity contribution in [2.45, 2.75) is 25.8 Å². The first-order valence-corrected chi connectivity index (χ1v) is 7.42. The molecule has 6 nitrogen and oxygen atoms in total. The molecule has 1 saturated heterocycles. The molecular weight excluding hydrogens is 244 g/mol. The number of nitrogens with zero attached hydrogens (tertiary/aromatic N) is 1. The maximum atomic E-state index is 12.0. The van der Waals surface area contributed by atoms with Gasteiger partial charge in [0.15, 0.2) is 5.75 Å². The van der Waals surface area contributed by atoms with E-state index in [9.17, 15) is 13.2 Å². The van der Waals surface area contributed by atoms with Crippen LogP contribution < -0.4 is 5.32 Å². The van der Waals surface area contributed by atoms with Crippen molar-refractivity contribution >= 4 is 16.0 Å². The van der Waals surface area contributed by atoms with E-state index < -0.39 is 21.7 Å². The SMILES string of the molecule is CCOC(=O)CS(=O)(=O)N1CCCC1CNC. The fourth-order valence-corrected chi connectivity index (χ4v) is 3.64. The van der Waals surface area contributed by atoms with Crippen LogP contribution in [0, 0.1) is 0 Å². The van der Waals surface area contributed by atoms with Gasteiger partial charge in [0.25, 0.3) is 0 Å². The lowest BCUT2D eigenvalue weighted by molar-refractivity contribution is -0.140. The maximum absolute atomic E-state index is 12.0. The van der Waals surface area contributed by atoms with Crippen LogP contribution in [0.25, 0.3) is 0 Å². The molecule has 0 aromatic carbocycles. The van der Waals surface area contributed by atoms with Crippen molar-refractivity contribution in [2.75, 3.05) is 32.5 Å². The van der Waals surface area contributed by atoms with Crippen LogP contribution in [-0.2, 0) is 19.6 Å². The Bertz CT molecular complexity index is 355. The highest BCUT2D eigenvalue weighted by Crippen LogP contribution is 2.20. The van der Waals surface area contributed by atoms with Crippen molar-refractivity contribution in [3.63, 3.8) is 0 Å². The summed E-state index contributed by atoms with van der Waals surface area (Å²) >= 11 is 0. The zero-order valence-corrected chi connectivity index (χ0v) is 11.1. The van der Waals surface area contributed by atoms with Crippen molar-refractivity contribution < 1.29 is 17.9 Å². The highest BCUT2D eigenvalue weighted by atomic mass is 32.2. The molecule has 0 aliphatic carbocycles. The fraction of sp³-hybridized carbons (Fsp3) is 0.900. The van der Waals surface area contributed by atoms with Gasteiger partial charge >= 0.3 is 5.97 Å². The largest absolute Gasteiger partial charge is 0.465 e. The van der Waals surface area contributed by atoms with Crippen molar-refractivity contribution in [3.05, 3.63) is 0 Å².